The minimum Gasteiger partial charge on any atom is -0.467 e. The fourth-order valence-electron chi connectivity index (χ4n) is 3.10. The molecule has 0 atom stereocenters. The van der Waals surface area contributed by atoms with Crippen LogP contribution >= 0.6 is 0 Å². The highest BCUT2D eigenvalue weighted by molar-refractivity contribution is 6.09. The van der Waals surface area contributed by atoms with Gasteiger partial charge in [0.2, 0.25) is 11.8 Å². The van der Waals surface area contributed by atoms with Crippen molar-refractivity contribution < 1.29 is 14.0 Å². The number of amides is 2. The molecule has 6 heteroatoms. The minimum atomic E-state index is -1.20. The first-order chi connectivity index (χ1) is 13.0. The van der Waals surface area contributed by atoms with Crippen LogP contribution in [0, 0.1) is 5.41 Å². The van der Waals surface area contributed by atoms with Gasteiger partial charge in [-0.25, -0.2) is 0 Å². The standard InChI is InChI=1S/C21H27N3O3/c1-21(2,19(25)22-15-18-7-6-14-27-18)20(26)23-16-8-10-17(11-9-16)24-12-4-3-5-13-24/h6-11,14H,3-5,12-13,15H2,1-2H3,(H,22,25)(H,23,26). The smallest absolute Gasteiger partial charge is 0.239 e. The third-order valence-corrected chi connectivity index (χ3v) is 4.98. The summed E-state index contributed by atoms with van der Waals surface area (Å²) < 4.78 is 5.19. The van der Waals surface area contributed by atoms with Crippen molar-refractivity contribution in [2.75, 3.05) is 23.3 Å². The number of hydrogen-bond acceptors (Lipinski definition) is 4. The lowest BCUT2D eigenvalue weighted by Crippen LogP contribution is -2.44. The van der Waals surface area contributed by atoms with Gasteiger partial charge in [0.1, 0.15) is 11.2 Å². The molecule has 2 aromatic rings. The highest BCUT2D eigenvalue weighted by Gasteiger charge is 2.36. The summed E-state index contributed by atoms with van der Waals surface area (Å²) in [5.41, 5.74) is 0.661. The topological polar surface area (TPSA) is 74.6 Å². The zero-order valence-electron chi connectivity index (χ0n) is 16.0. The van der Waals surface area contributed by atoms with Crippen molar-refractivity contribution in [1.82, 2.24) is 5.32 Å². The SMILES string of the molecule is CC(C)(C(=O)NCc1ccco1)C(=O)Nc1ccc(N2CCCCC2)cc1. The van der Waals surface area contributed by atoms with Gasteiger partial charge in [0.25, 0.3) is 0 Å². The summed E-state index contributed by atoms with van der Waals surface area (Å²) in [5, 5.41) is 5.59. The van der Waals surface area contributed by atoms with E-state index in [4.69, 9.17) is 4.42 Å². The van der Waals surface area contributed by atoms with Crippen LogP contribution in [0.1, 0.15) is 38.9 Å². The van der Waals surface area contributed by atoms with Crippen LogP contribution in [0.5, 0.6) is 0 Å². The summed E-state index contributed by atoms with van der Waals surface area (Å²) in [6, 6.07) is 11.3. The van der Waals surface area contributed by atoms with Crippen LogP contribution in [0.3, 0.4) is 0 Å². The van der Waals surface area contributed by atoms with Gasteiger partial charge in [-0.05, 0) is 69.5 Å². The van der Waals surface area contributed by atoms with E-state index in [-0.39, 0.29) is 18.4 Å². The Hall–Kier alpha value is -2.76. The van der Waals surface area contributed by atoms with Crippen LogP contribution in [0.25, 0.3) is 0 Å². The number of furan rings is 1. The molecule has 27 heavy (non-hydrogen) atoms. The van der Waals surface area contributed by atoms with Gasteiger partial charge >= 0.3 is 0 Å². The van der Waals surface area contributed by atoms with E-state index in [1.54, 1.807) is 32.2 Å². The van der Waals surface area contributed by atoms with Gasteiger partial charge in [0.05, 0.1) is 12.8 Å². The summed E-state index contributed by atoms with van der Waals surface area (Å²) in [6.45, 7) is 5.64. The molecule has 0 aliphatic carbocycles. The molecule has 0 bridgehead atoms. The number of nitrogens with one attached hydrogen (secondary N) is 2. The molecule has 1 fully saturated rings. The molecule has 1 aromatic carbocycles. The third kappa shape index (κ3) is 4.70. The average Bonchev–Trinajstić information content (AvgIpc) is 3.21. The Kier molecular flexibility index (Phi) is 5.84. The first-order valence-electron chi connectivity index (χ1n) is 9.44. The number of benzene rings is 1. The Morgan fingerprint density at radius 1 is 1.04 bits per heavy atom. The quantitative estimate of drug-likeness (QED) is 0.764. The number of carbonyl (C=O) groups excluding carboxylic acids is 2. The summed E-state index contributed by atoms with van der Waals surface area (Å²) in [5.74, 6) is -0.0423. The molecule has 0 spiro atoms. The molecule has 1 aliphatic heterocycles. The van der Waals surface area contributed by atoms with Crippen LogP contribution < -0.4 is 15.5 Å². The Balaban J connectivity index is 1.56. The molecule has 2 heterocycles. The molecule has 1 aliphatic rings. The van der Waals surface area contributed by atoms with E-state index in [1.807, 2.05) is 24.3 Å². The van der Waals surface area contributed by atoms with E-state index in [0.717, 1.165) is 13.1 Å². The van der Waals surface area contributed by atoms with Crippen molar-refractivity contribution in [2.24, 2.45) is 5.41 Å². The van der Waals surface area contributed by atoms with Crippen LogP contribution in [0.4, 0.5) is 11.4 Å². The van der Waals surface area contributed by atoms with Crippen molar-refractivity contribution in [2.45, 2.75) is 39.7 Å². The predicted molar refractivity (Wildman–Crippen MR) is 105 cm³/mol. The number of anilines is 2. The van der Waals surface area contributed by atoms with Crippen LogP contribution in [-0.4, -0.2) is 24.9 Å². The Bertz CT molecular complexity index is 760. The van der Waals surface area contributed by atoms with Gasteiger partial charge < -0.3 is 20.0 Å². The summed E-state index contributed by atoms with van der Waals surface area (Å²) in [6.07, 6.45) is 5.29. The lowest BCUT2D eigenvalue weighted by molar-refractivity contribution is -0.138. The Labute approximate surface area is 159 Å². The fourth-order valence-corrected chi connectivity index (χ4v) is 3.10. The first-order valence-corrected chi connectivity index (χ1v) is 9.44. The number of carbonyl (C=O) groups is 2. The van der Waals surface area contributed by atoms with Crippen molar-refractivity contribution in [3.8, 4) is 0 Å². The molecule has 3 rings (SSSR count). The van der Waals surface area contributed by atoms with Crippen LogP contribution in [-0.2, 0) is 16.1 Å². The van der Waals surface area contributed by atoms with Gasteiger partial charge in [-0.3, -0.25) is 9.59 Å². The molecule has 6 nitrogen and oxygen atoms in total. The van der Waals surface area contributed by atoms with E-state index in [2.05, 4.69) is 15.5 Å². The highest BCUT2D eigenvalue weighted by atomic mass is 16.3. The second-order valence-corrected chi connectivity index (χ2v) is 7.44. The van der Waals surface area contributed by atoms with Gasteiger partial charge in [-0.2, -0.15) is 0 Å². The van der Waals surface area contributed by atoms with Crippen molar-refractivity contribution in [1.29, 1.82) is 0 Å². The van der Waals surface area contributed by atoms with Gasteiger partial charge in [-0.1, -0.05) is 0 Å². The lowest BCUT2D eigenvalue weighted by Gasteiger charge is -2.29. The molecule has 0 unspecified atom stereocenters. The summed E-state index contributed by atoms with van der Waals surface area (Å²) in [7, 11) is 0. The van der Waals surface area contributed by atoms with Crippen molar-refractivity contribution in [3.63, 3.8) is 0 Å². The monoisotopic (exact) mass is 369 g/mol. The third-order valence-electron chi connectivity index (χ3n) is 4.98. The Morgan fingerprint density at radius 2 is 1.74 bits per heavy atom. The summed E-state index contributed by atoms with van der Waals surface area (Å²) in [4.78, 5) is 27.4. The molecule has 144 valence electrons. The van der Waals surface area contributed by atoms with Gasteiger partial charge in [0, 0.05) is 24.5 Å². The first kappa shape index (κ1) is 19.0. The maximum absolute atomic E-state index is 12.6. The molecular formula is C21H27N3O3. The fraction of sp³-hybridized carbons (Fsp3) is 0.429. The van der Waals surface area contributed by atoms with E-state index < -0.39 is 5.41 Å². The minimum absolute atomic E-state index is 0.257. The Morgan fingerprint density at radius 3 is 2.37 bits per heavy atom. The van der Waals surface area contributed by atoms with Crippen LogP contribution in [0.2, 0.25) is 0 Å². The highest BCUT2D eigenvalue weighted by Crippen LogP contribution is 2.24. The lowest BCUT2D eigenvalue weighted by atomic mass is 9.91. The zero-order chi connectivity index (χ0) is 19.3. The number of rotatable bonds is 6. The van der Waals surface area contributed by atoms with E-state index in [0.29, 0.717) is 11.4 Å². The number of hydrogen-bond donors (Lipinski definition) is 2. The van der Waals surface area contributed by atoms with Crippen molar-refractivity contribution >= 4 is 23.2 Å². The number of nitrogens with zero attached hydrogens (tertiary/aromatic N) is 1. The van der Waals surface area contributed by atoms with E-state index >= 15 is 0 Å². The zero-order valence-corrected chi connectivity index (χ0v) is 16.0. The molecule has 2 N–H and O–H groups in total. The molecule has 1 saturated heterocycles. The normalized spacial score (nSPS) is 14.7. The molecule has 2 amide bonds. The maximum Gasteiger partial charge on any atom is 0.239 e. The second kappa shape index (κ2) is 8.29. The van der Waals surface area contributed by atoms with Gasteiger partial charge in [0.15, 0.2) is 0 Å². The summed E-state index contributed by atoms with van der Waals surface area (Å²) >= 11 is 0. The average molecular weight is 369 g/mol. The number of piperidine rings is 1. The molecule has 1 aromatic heterocycles. The predicted octanol–water partition coefficient (Wildman–Crippen LogP) is 3.55. The van der Waals surface area contributed by atoms with E-state index in [1.165, 1.54) is 24.9 Å². The molecular weight excluding hydrogens is 342 g/mol. The van der Waals surface area contributed by atoms with Crippen molar-refractivity contribution in [3.05, 3.63) is 48.4 Å². The van der Waals surface area contributed by atoms with Gasteiger partial charge in [-0.15, -0.1) is 0 Å². The molecule has 0 radical (unpaired) electrons. The maximum atomic E-state index is 12.6. The largest absolute Gasteiger partial charge is 0.467 e. The van der Waals surface area contributed by atoms with Crippen LogP contribution in [0.15, 0.2) is 47.1 Å². The molecule has 0 saturated carbocycles. The van der Waals surface area contributed by atoms with E-state index in [9.17, 15) is 9.59 Å². The second-order valence-electron chi connectivity index (χ2n) is 7.44.